The molecule has 0 unspecified atom stereocenters. The summed E-state index contributed by atoms with van der Waals surface area (Å²) in [4.78, 5) is 26.5. The lowest BCUT2D eigenvalue weighted by Crippen LogP contribution is -2.40. The van der Waals surface area contributed by atoms with Gasteiger partial charge in [0.2, 0.25) is 5.91 Å². The SMILES string of the molecule is CC(=O)NCN(Cc1ccccc1)C(=O)c1nn(C)c2c1COc1ccc(Br)cc1-2. The van der Waals surface area contributed by atoms with Crippen LogP contribution >= 0.6 is 15.9 Å². The number of nitrogens with zero attached hydrogens (tertiary/aromatic N) is 3. The number of ether oxygens (including phenoxy) is 1. The average Bonchev–Trinajstić information content (AvgIpc) is 3.08. The van der Waals surface area contributed by atoms with Crippen LogP contribution in [0.2, 0.25) is 0 Å². The number of hydrogen-bond acceptors (Lipinski definition) is 4. The molecule has 2 heterocycles. The fourth-order valence-electron chi connectivity index (χ4n) is 3.54. The molecule has 30 heavy (non-hydrogen) atoms. The van der Waals surface area contributed by atoms with E-state index in [9.17, 15) is 9.59 Å². The fraction of sp³-hybridized carbons (Fsp3) is 0.227. The Morgan fingerprint density at radius 3 is 2.73 bits per heavy atom. The minimum atomic E-state index is -0.258. The zero-order valence-corrected chi connectivity index (χ0v) is 18.3. The standard InChI is InChI=1S/C22H21BrN4O3/c1-14(28)24-13-27(11-15-6-4-3-5-7-15)22(29)20-18-12-30-19-9-8-16(23)10-17(19)21(18)26(2)25-20/h3-10H,11-13H2,1-2H3,(H,24,28). The number of hydrogen-bond donors (Lipinski definition) is 1. The average molecular weight is 469 g/mol. The zero-order chi connectivity index (χ0) is 21.3. The van der Waals surface area contributed by atoms with Crippen molar-refractivity contribution in [1.82, 2.24) is 20.0 Å². The molecule has 0 saturated carbocycles. The molecule has 0 atom stereocenters. The molecule has 7 nitrogen and oxygen atoms in total. The monoisotopic (exact) mass is 468 g/mol. The predicted molar refractivity (Wildman–Crippen MR) is 116 cm³/mol. The minimum absolute atomic E-state index is 0.0946. The van der Waals surface area contributed by atoms with Gasteiger partial charge in [-0.05, 0) is 23.8 Å². The molecular weight excluding hydrogens is 448 g/mol. The van der Waals surface area contributed by atoms with Crippen LogP contribution in [0.1, 0.15) is 28.5 Å². The molecule has 4 rings (SSSR count). The largest absolute Gasteiger partial charge is 0.488 e. The molecule has 0 fully saturated rings. The normalized spacial score (nSPS) is 11.8. The lowest BCUT2D eigenvalue weighted by atomic mass is 10.0. The van der Waals surface area contributed by atoms with Crippen molar-refractivity contribution in [3.05, 3.63) is 69.8 Å². The van der Waals surface area contributed by atoms with Gasteiger partial charge in [0.05, 0.1) is 12.4 Å². The van der Waals surface area contributed by atoms with Crippen molar-refractivity contribution in [2.75, 3.05) is 6.67 Å². The van der Waals surface area contributed by atoms with Gasteiger partial charge in [-0.15, -0.1) is 0 Å². The van der Waals surface area contributed by atoms with Crippen molar-refractivity contribution in [1.29, 1.82) is 0 Å². The Morgan fingerprint density at radius 1 is 1.23 bits per heavy atom. The van der Waals surface area contributed by atoms with E-state index < -0.39 is 0 Å². The van der Waals surface area contributed by atoms with Crippen molar-refractivity contribution in [2.24, 2.45) is 7.05 Å². The topological polar surface area (TPSA) is 76.5 Å². The van der Waals surface area contributed by atoms with Gasteiger partial charge in [-0.2, -0.15) is 5.10 Å². The second kappa shape index (κ2) is 8.31. The van der Waals surface area contributed by atoms with Gasteiger partial charge in [0.15, 0.2) is 5.69 Å². The molecule has 1 aliphatic heterocycles. The first kappa shape index (κ1) is 20.2. The minimum Gasteiger partial charge on any atom is -0.488 e. The Balaban J connectivity index is 1.70. The Morgan fingerprint density at radius 2 is 2.00 bits per heavy atom. The molecule has 8 heteroatoms. The van der Waals surface area contributed by atoms with Crippen LogP contribution in [0.5, 0.6) is 5.75 Å². The number of halogens is 1. The lowest BCUT2D eigenvalue weighted by Gasteiger charge is -2.23. The maximum Gasteiger partial charge on any atom is 0.276 e. The smallest absolute Gasteiger partial charge is 0.276 e. The van der Waals surface area contributed by atoms with Gasteiger partial charge in [-0.25, -0.2) is 0 Å². The predicted octanol–water partition coefficient (Wildman–Crippen LogP) is 3.48. The third-order valence-electron chi connectivity index (χ3n) is 4.94. The van der Waals surface area contributed by atoms with E-state index in [4.69, 9.17) is 4.74 Å². The van der Waals surface area contributed by atoms with E-state index in [1.807, 2.05) is 55.6 Å². The van der Waals surface area contributed by atoms with E-state index in [0.29, 0.717) is 12.2 Å². The van der Waals surface area contributed by atoms with Crippen LogP contribution in [0.3, 0.4) is 0 Å². The van der Waals surface area contributed by atoms with Crippen LogP contribution in [0.15, 0.2) is 53.0 Å². The van der Waals surface area contributed by atoms with Crippen molar-refractivity contribution in [3.8, 4) is 17.0 Å². The number of benzene rings is 2. The Bertz CT molecular complexity index is 1110. The molecule has 0 saturated heterocycles. The Kier molecular flexibility index (Phi) is 5.59. The van der Waals surface area contributed by atoms with Crippen molar-refractivity contribution < 1.29 is 14.3 Å². The third kappa shape index (κ3) is 3.95. The highest BCUT2D eigenvalue weighted by Crippen LogP contribution is 2.40. The van der Waals surface area contributed by atoms with Crippen molar-refractivity contribution in [2.45, 2.75) is 20.1 Å². The quantitative estimate of drug-likeness (QED) is 0.581. The molecular formula is C22H21BrN4O3. The number of nitrogens with one attached hydrogen (secondary N) is 1. The third-order valence-corrected chi connectivity index (χ3v) is 5.43. The molecule has 1 N–H and O–H groups in total. The zero-order valence-electron chi connectivity index (χ0n) is 16.7. The number of aryl methyl sites for hydroxylation is 1. The number of carbonyl (C=O) groups excluding carboxylic acids is 2. The Hall–Kier alpha value is -3.13. The summed E-state index contributed by atoms with van der Waals surface area (Å²) in [7, 11) is 1.82. The summed E-state index contributed by atoms with van der Waals surface area (Å²) in [5.74, 6) is 0.296. The van der Waals surface area contributed by atoms with Gasteiger partial charge >= 0.3 is 0 Å². The second-order valence-corrected chi connectivity index (χ2v) is 8.02. The second-order valence-electron chi connectivity index (χ2n) is 7.11. The summed E-state index contributed by atoms with van der Waals surface area (Å²) in [5, 5.41) is 7.25. The summed E-state index contributed by atoms with van der Waals surface area (Å²) >= 11 is 3.50. The van der Waals surface area contributed by atoms with Gasteiger partial charge in [0.25, 0.3) is 5.91 Å². The van der Waals surface area contributed by atoms with E-state index in [1.54, 1.807) is 9.58 Å². The van der Waals surface area contributed by atoms with Crippen molar-refractivity contribution in [3.63, 3.8) is 0 Å². The van der Waals surface area contributed by atoms with Gasteiger partial charge in [-0.3, -0.25) is 14.3 Å². The summed E-state index contributed by atoms with van der Waals surface area (Å²) in [6.45, 7) is 2.14. The van der Waals surface area contributed by atoms with E-state index in [2.05, 4.69) is 26.3 Å². The van der Waals surface area contributed by atoms with Crippen LogP contribution in [-0.4, -0.2) is 33.2 Å². The fourth-order valence-corrected chi connectivity index (χ4v) is 3.90. The molecule has 1 aromatic heterocycles. The number of amides is 2. The molecule has 2 amide bonds. The van der Waals surface area contributed by atoms with E-state index in [-0.39, 0.29) is 25.1 Å². The molecule has 154 valence electrons. The Labute approximate surface area is 182 Å². The highest BCUT2D eigenvalue weighted by atomic mass is 79.9. The summed E-state index contributed by atoms with van der Waals surface area (Å²) in [6, 6.07) is 15.4. The van der Waals surface area contributed by atoms with E-state index in [1.165, 1.54) is 6.92 Å². The van der Waals surface area contributed by atoms with Crippen LogP contribution in [0.25, 0.3) is 11.3 Å². The number of carbonyl (C=O) groups is 2. The first-order valence-corrected chi connectivity index (χ1v) is 10.3. The summed E-state index contributed by atoms with van der Waals surface area (Å²) in [6.07, 6.45) is 0. The molecule has 0 radical (unpaired) electrons. The highest BCUT2D eigenvalue weighted by Gasteiger charge is 2.31. The van der Waals surface area contributed by atoms with Gasteiger partial charge in [0.1, 0.15) is 12.4 Å². The maximum absolute atomic E-state index is 13.5. The molecule has 1 aliphatic rings. The van der Waals surface area contributed by atoms with Crippen LogP contribution in [0, 0.1) is 0 Å². The van der Waals surface area contributed by atoms with Gasteiger partial charge < -0.3 is 15.0 Å². The maximum atomic E-state index is 13.5. The van der Waals surface area contributed by atoms with Crippen molar-refractivity contribution >= 4 is 27.7 Å². The number of aromatic nitrogens is 2. The van der Waals surface area contributed by atoms with Crippen LogP contribution in [0.4, 0.5) is 0 Å². The highest BCUT2D eigenvalue weighted by molar-refractivity contribution is 9.10. The van der Waals surface area contributed by atoms with E-state index in [0.717, 1.165) is 32.6 Å². The summed E-state index contributed by atoms with van der Waals surface area (Å²) < 4.78 is 8.53. The van der Waals surface area contributed by atoms with Crippen LogP contribution in [-0.2, 0) is 25.0 Å². The lowest BCUT2D eigenvalue weighted by molar-refractivity contribution is -0.119. The number of fused-ring (bicyclic) bond motifs is 3. The summed E-state index contributed by atoms with van der Waals surface area (Å²) in [5.41, 5.74) is 3.79. The molecule has 0 spiro atoms. The molecule has 2 aromatic carbocycles. The molecule has 0 aliphatic carbocycles. The molecule has 0 bridgehead atoms. The van der Waals surface area contributed by atoms with Gasteiger partial charge in [0, 0.05) is 36.1 Å². The molecule has 3 aromatic rings. The first-order valence-electron chi connectivity index (χ1n) is 9.50. The van der Waals surface area contributed by atoms with E-state index >= 15 is 0 Å². The first-order chi connectivity index (χ1) is 14.4. The van der Waals surface area contributed by atoms with Crippen LogP contribution < -0.4 is 10.1 Å². The van der Waals surface area contributed by atoms with Gasteiger partial charge in [-0.1, -0.05) is 46.3 Å². The number of rotatable bonds is 5.